The van der Waals surface area contributed by atoms with Crippen molar-refractivity contribution in [2.75, 3.05) is 11.4 Å². The van der Waals surface area contributed by atoms with Crippen LogP contribution in [0.15, 0.2) is 18.3 Å². The number of nitro groups is 1. The van der Waals surface area contributed by atoms with E-state index in [0.29, 0.717) is 6.54 Å². The Morgan fingerprint density at radius 1 is 1.65 bits per heavy atom. The molecule has 0 spiro atoms. The third kappa shape index (κ3) is 2.08. The maximum atomic E-state index is 11.6. The number of terminal acetylenes is 1. The van der Waals surface area contributed by atoms with E-state index in [1.54, 1.807) is 0 Å². The number of amides is 1. The topological polar surface area (TPSA) is 76.3 Å². The standard InChI is InChI=1S/C11H9N3O3/c1-2-8-5-11(15)13(7-8)10-6-9(14(16)17)3-4-12-10/h1,3-4,6,8H,5,7H2. The molecule has 2 heterocycles. The Kier molecular flexibility index (Phi) is 2.75. The average molecular weight is 231 g/mol. The molecule has 6 nitrogen and oxygen atoms in total. The van der Waals surface area contributed by atoms with Crippen LogP contribution in [0.1, 0.15) is 6.42 Å². The van der Waals surface area contributed by atoms with E-state index in [0.717, 1.165) is 0 Å². The van der Waals surface area contributed by atoms with Crippen molar-refractivity contribution in [3.05, 3.63) is 28.4 Å². The van der Waals surface area contributed by atoms with Crippen molar-refractivity contribution in [2.24, 2.45) is 5.92 Å². The van der Waals surface area contributed by atoms with Crippen LogP contribution in [-0.4, -0.2) is 22.4 Å². The molecule has 1 amide bonds. The van der Waals surface area contributed by atoms with Crippen LogP contribution in [-0.2, 0) is 4.79 Å². The SMILES string of the molecule is C#CC1CC(=O)N(c2cc([N+](=O)[O-])ccn2)C1. The van der Waals surface area contributed by atoms with Crippen LogP contribution in [0.2, 0.25) is 0 Å². The van der Waals surface area contributed by atoms with Crippen molar-refractivity contribution in [1.82, 2.24) is 4.98 Å². The molecule has 0 radical (unpaired) electrons. The van der Waals surface area contributed by atoms with Crippen LogP contribution in [0.5, 0.6) is 0 Å². The Morgan fingerprint density at radius 2 is 2.41 bits per heavy atom. The summed E-state index contributed by atoms with van der Waals surface area (Å²) in [6, 6.07) is 2.56. The van der Waals surface area contributed by atoms with Crippen LogP contribution < -0.4 is 4.90 Å². The second kappa shape index (κ2) is 4.22. The van der Waals surface area contributed by atoms with Gasteiger partial charge in [0.15, 0.2) is 0 Å². The van der Waals surface area contributed by atoms with Crippen LogP contribution >= 0.6 is 0 Å². The molecule has 1 unspecified atom stereocenters. The summed E-state index contributed by atoms with van der Waals surface area (Å²) < 4.78 is 0. The number of carbonyl (C=O) groups is 1. The molecule has 0 N–H and O–H groups in total. The summed E-state index contributed by atoms with van der Waals surface area (Å²) in [7, 11) is 0. The van der Waals surface area contributed by atoms with Gasteiger partial charge >= 0.3 is 0 Å². The maximum absolute atomic E-state index is 11.6. The van der Waals surface area contributed by atoms with E-state index in [1.165, 1.54) is 23.2 Å². The van der Waals surface area contributed by atoms with E-state index in [-0.39, 0.29) is 29.8 Å². The van der Waals surface area contributed by atoms with Crippen molar-refractivity contribution in [2.45, 2.75) is 6.42 Å². The number of pyridine rings is 1. The molecule has 1 fully saturated rings. The van der Waals surface area contributed by atoms with Crippen LogP contribution in [0, 0.1) is 28.4 Å². The lowest BCUT2D eigenvalue weighted by atomic mass is 10.1. The third-order valence-corrected chi connectivity index (χ3v) is 2.58. The minimum Gasteiger partial charge on any atom is -0.295 e. The predicted molar refractivity (Wildman–Crippen MR) is 60.2 cm³/mol. The van der Waals surface area contributed by atoms with Crippen molar-refractivity contribution >= 4 is 17.4 Å². The minimum absolute atomic E-state index is 0.0908. The molecule has 0 aromatic carbocycles. The predicted octanol–water partition coefficient (Wildman–Crippen LogP) is 0.976. The average Bonchev–Trinajstić information content (AvgIpc) is 2.71. The van der Waals surface area contributed by atoms with E-state index in [9.17, 15) is 14.9 Å². The van der Waals surface area contributed by atoms with Crippen molar-refractivity contribution < 1.29 is 9.72 Å². The van der Waals surface area contributed by atoms with E-state index in [4.69, 9.17) is 6.42 Å². The second-order valence-corrected chi connectivity index (χ2v) is 3.70. The normalized spacial score (nSPS) is 19.1. The van der Waals surface area contributed by atoms with Gasteiger partial charge in [-0.3, -0.25) is 19.8 Å². The Bertz CT molecular complexity index is 521. The fraction of sp³-hybridized carbons (Fsp3) is 0.273. The number of aromatic nitrogens is 1. The lowest BCUT2D eigenvalue weighted by Crippen LogP contribution is -2.25. The van der Waals surface area contributed by atoms with Gasteiger partial charge in [0.1, 0.15) is 5.82 Å². The summed E-state index contributed by atoms with van der Waals surface area (Å²) in [5, 5.41) is 10.6. The summed E-state index contributed by atoms with van der Waals surface area (Å²) >= 11 is 0. The Labute approximate surface area is 97.4 Å². The number of hydrogen-bond donors (Lipinski definition) is 0. The minimum atomic E-state index is -0.523. The van der Waals surface area contributed by atoms with Crippen molar-refractivity contribution in [1.29, 1.82) is 0 Å². The largest absolute Gasteiger partial charge is 0.295 e. The van der Waals surface area contributed by atoms with Gasteiger partial charge in [-0.25, -0.2) is 4.98 Å². The number of anilines is 1. The monoisotopic (exact) mass is 231 g/mol. The van der Waals surface area contributed by atoms with Gasteiger partial charge in [0.25, 0.3) is 5.69 Å². The fourth-order valence-corrected chi connectivity index (χ4v) is 1.71. The van der Waals surface area contributed by atoms with Crippen molar-refractivity contribution in [3.8, 4) is 12.3 Å². The highest BCUT2D eigenvalue weighted by Crippen LogP contribution is 2.25. The zero-order valence-electron chi connectivity index (χ0n) is 8.87. The number of rotatable bonds is 2. The highest BCUT2D eigenvalue weighted by molar-refractivity contribution is 5.95. The highest BCUT2D eigenvalue weighted by Gasteiger charge is 2.30. The summed E-state index contributed by atoms with van der Waals surface area (Å²) in [6.07, 6.45) is 6.83. The molecule has 1 aromatic rings. The lowest BCUT2D eigenvalue weighted by Gasteiger charge is -2.13. The van der Waals surface area contributed by atoms with Gasteiger partial charge in [-0.1, -0.05) is 0 Å². The molecular weight excluding hydrogens is 222 g/mol. The first kappa shape index (κ1) is 11.1. The first-order valence-electron chi connectivity index (χ1n) is 4.98. The summed E-state index contributed by atoms with van der Waals surface area (Å²) in [5.74, 6) is 2.49. The molecule has 0 aliphatic carbocycles. The number of hydrogen-bond acceptors (Lipinski definition) is 4. The van der Waals surface area contributed by atoms with Crippen LogP contribution in [0.4, 0.5) is 11.5 Å². The molecular formula is C11H9N3O3. The van der Waals surface area contributed by atoms with Gasteiger partial charge in [0.2, 0.25) is 5.91 Å². The molecule has 6 heteroatoms. The van der Waals surface area contributed by atoms with Gasteiger partial charge in [0, 0.05) is 31.1 Å². The van der Waals surface area contributed by atoms with Gasteiger partial charge < -0.3 is 0 Å². The van der Waals surface area contributed by atoms with E-state index >= 15 is 0 Å². The number of carbonyl (C=O) groups excluding carboxylic acids is 1. The Morgan fingerprint density at radius 3 is 3.00 bits per heavy atom. The fourth-order valence-electron chi connectivity index (χ4n) is 1.71. The van der Waals surface area contributed by atoms with Gasteiger partial charge in [-0.05, 0) is 0 Å². The highest BCUT2D eigenvalue weighted by atomic mass is 16.6. The smallest absolute Gasteiger partial charge is 0.274 e. The first-order chi connectivity index (χ1) is 8.11. The molecule has 1 aliphatic rings. The van der Waals surface area contributed by atoms with Gasteiger partial charge in [0.05, 0.1) is 11.0 Å². The summed E-state index contributed by atoms with van der Waals surface area (Å²) in [6.45, 7) is 0.365. The van der Waals surface area contributed by atoms with Gasteiger partial charge in [-0.15, -0.1) is 12.3 Å². The molecule has 0 saturated carbocycles. The molecule has 86 valence electrons. The van der Waals surface area contributed by atoms with E-state index < -0.39 is 4.92 Å². The molecule has 1 aromatic heterocycles. The van der Waals surface area contributed by atoms with Crippen LogP contribution in [0.3, 0.4) is 0 Å². The lowest BCUT2D eigenvalue weighted by molar-refractivity contribution is -0.384. The molecule has 2 rings (SSSR count). The van der Waals surface area contributed by atoms with Crippen LogP contribution in [0.25, 0.3) is 0 Å². The van der Waals surface area contributed by atoms with Gasteiger partial charge in [-0.2, -0.15) is 0 Å². The zero-order valence-corrected chi connectivity index (χ0v) is 8.87. The Balaban J connectivity index is 2.29. The molecule has 1 saturated heterocycles. The molecule has 17 heavy (non-hydrogen) atoms. The summed E-state index contributed by atoms with van der Waals surface area (Å²) in [4.78, 5) is 27.1. The van der Waals surface area contributed by atoms with E-state index in [2.05, 4.69) is 10.9 Å². The number of nitrogens with zero attached hydrogens (tertiary/aromatic N) is 3. The maximum Gasteiger partial charge on any atom is 0.274 e. The molecule has 0 bridgehead atoms. The molecule has 1 aliphatic heterocycles. The van der Waals surface area contributed by atoms with Crippen molar-refractivity contribution in [3.63, 3.8) is 0 Å². The second-order valence-electron chi connectivity index (χ2n) is 3.70. The Hall–Kier alpha value is -2.42. The van der Waals surface area contributed by atoms with E-state index in [1.807, 2.05) is 0 Å². The zero-order chi connectivity index (χ0) is 12.4. The quantitative estimate of drug-likeness (QED) is 0.432. The third-order valence-electron chi connectivity index (χ3n) is 2.58. The summed E-state index contributed by atoms with van der Waals surface area (Å²) in [5.41, 5.74) is -0.0908. The first-order valence-corrected chi connectivity index (χ1v) is 4.98. The molecule has 1 atom stereocenters.